The summed E-state index contributed by atoms with van der Waals surface area (Å²) in [5, 5.41) is 1.43. The molecule has 0 saturated heterocycles. The van der Waals surface area contributed by atoms with Crippen molar-refractivity contribution in [1.82, 2.24) is 9.66 Å². The topological polar surface area (TPSA) is 68.3 Å². The number of para-hydroxylation sites is 1. The highest BCUT2D eigenvalue weighted by molar-refractivity contribution is 5.69. The molecule has 2 aromatic heterocycles. The molecule has 6 heteroatoms. The minimum atomic E-state index is -0.748. The number of anilines is 1. The van der Waals surface area contributed by atoms with Gasteiger partial charge in [0.05, 0.1) is 5.69 Å². The van der Waals surface area contributed by atoms with Crippen molar-refractivity contribution in [2.24, 2.45) is 0 Å². The molecular formula is C14H11N3O3. The maximum Gasteiger partial charge on any atom is 0.442 e. The van der Waals surface area contributed by atoms with Gasteiger partial charge in [-0.25, -0.2) is 9.78 Å². The number of nitrogens with zero attached hydrogens (tertiary/aromatic N) is 3. The van der Waals surface area contributed by atoms with Gasteiger partial charge in [0.1, 0.15) is 0 Å². The predicted molar refractivity (Wildman–Crippen MR) is 74.8 cm³/mol. The van der Waals surface area contributed by atoms with Crippen LogP contribution in [-0.2, 0) is 0 Å². The lowest BCUT2D eigenvalue weighted by atomic mass is 10.3. The maximum absolute atomic E-state index is 12.4. The number of rotatable bonds is 2. The van der Waals surface area contributed by atoms with Crippen molar-refractivity contribution in [3.8, 4) is 0 Å². The highest BCUT2D eigenvalue weighted by atomic mass is 16.4. The molecular weight excluding hydrogens is 258 g/mol. The van der Waals surface area contributed by atoms with E-state index in [1.165, 1.54) is 17.3 Å². The zero-order chi connectivity index (χ0) is 14.1. The molecule has 0 fully saturated rings. The van der Waals surface area contributed by atoms with Gasteiger partial charge in [0, 0.05) is 13.2 Å². The first-order valence-corrected chi connectivity index (χ1v) is 5.98. The molecule has 0 spiro atoms. The second-order valence-electron chi connectivity index (χ2n) is 4.19. The van der Waals surface area contributed by atoms with Crippen LogP contribution in [0.2, 0.25) is 0 Å². The molecule has 0 amide bonds. The van der Waals surface area contributed by atoms with E-state index >= 15 is 0 Å². The Bertz CT molecular complexity index is 868. The van der Waals surface area contributed by atoms with Crippen LogP contribution in [0.15, 0.2) is 62.7 Å². The molecule has 0 aliphatic heterocycles. The molecule has 3 rings (SSSR count). The van der Waals surface area contributed by atoms with Gasteiger partial charge in [-0.05, 0) is 24.3 Å². The molecule has 0 aliphatic carbocycles. The van der Waals surface area contributed by atoms with E-state index in [2.05, 4.69) is 4.98 Å². The summed E-state index contributed by atoms with van der Waals surface area (Å²) in [6.45, 7) is 0. The monoisotopic (exact) mass is 269 g/mol. The summed E-state index contributed by atoms with van der Waals surface area (Å²) in [6.07, 6.45) is 1.48. The fraction of sp³-hybridized carbons (Fsp3) is 0.0714. The Morgan fingerprint density at radius 2 is 1.85 bits per heavy atom. The van der Waals surface area contributed by atoms with Crippen molar-refractivity contribution in [3.05, 3.63) is 69.6 Å². The summed E-state index contributed by atoms with van der Waals surface area (Å²) in [5.74, 6) is -0.748. The van der Waals surface area contributed by atoms with Crippen LogP contribution in [0, 0.1) is 0 Å². The lowest BCUT2D eigenvalue weighted by Gasteiger charge is -2.19. The number of fused-ring (bicyclic) bond motifs is 1. The second kappa shape index (κ2) is 4.65. The van der Waals surface area contributed by atoms with Crippen LogP contribution in [0.3, 0.4) is 0 Å². The molecule has 0 bridgehead atoms. The first-order valence-electron chi connectivity index (χ1n) is 5.98. The number of aromatic nitrogens is 2. The van der Waals surface area contributed by atoms with E-state index in [1.807, 2.05) is 18.2 Å². The first-order chi connectivity index (χ1) is 9.68. The fourth-order valence-electron chi connectivity index (χ4n) is 1.97. The van der Waals surface area contributed by atoms with Gasteiger partial charge in [0.25, 0.3) is 0 Å². The Hall–Kier alpha value is -2.89. The van der Waals surface area contributed by atoms with Gasteiger partial charge in [-0.15, -0.1) is 4.68 Å². The van der Waals surface area contributed by atoms with Crippen LogP contribution in [0.1, 0.15) is 0 Å². The Labute approximate surface area is 113 Å². The zero-order valence-electron chi connectivity index (χ0n) is 10.7. The van der Waals surface area contributed by atoms with Crippen LogP contribution in [0.5, 0.6) is 0 Å². The molecule has 1 aromatic carbocycles. The van der Waals surface area contributed by atoms with Crippen LogP contribution in [-0.4, -0.2) is 16.7 Å². The Balaban J connectivity index is 2.27. The Morgan fingerprint density at radius 3 is 2.60 bits per heavy atom. The highest BCUT2D eigenvalue weighted by Crippen LogP contribution is 2.11. The van der Waals surface area contributed by atoms with E-state index in [0.717, 1.165) is 4.68 Å². The van der Waals surface area contributed by atoms with Crippen molar-refractivity contribution < 1.29 is 4.42 Å². The number of benzene rings is 1. The summed E-state index contributed by atoms with van der Waals surface area (Å²) >= 11 is 0. The number of hydrogen-bond acceptors (Lipinski definition) is 5. The number of pyridine rings is 1. The number of hydrogen-bond donors (Lipinski definition) is 0. The lowest BCUT2D eigenvalue weighted by Crippen LogP contribution is -2.44. The summed E-state index contributed by atoms with van der Waals surface area (Å²) < 4.78 is 6.04. The smallest absolute Gasteiger partial charge is 0.406 e. The molecule has 0 saturated carbocycles. The minimum Gasteiger partial charge on any atom is -0.406 e. The van der Waals surface area contributed by atoms with Crippen molar-refractivity contribution >= 4 is 16.8 Å². The Morgan fingerprint density at radius 1 is 1.10 bits per heavy atom. The quantitative estimate of drug-likeness (QED) is 0.700. The summed E-state index contributed by atoms with van der Waals surface area (Å²) in [7, 11) is 1.61. The highest BCUT2D eigenvalue weighted by Gasteiger charge is 2.14. The van der Waals surface area contributed by atoms with Gasteiger partial charge in [0.15, 0.2) is 11.1 Å². The van der Waals surface area contributed by atoms with E-state index in [9.17, 15) is 9.59 Å². The van der Waals surface area contributed by atoms with Crippen molar-refractivity contribution in [1.29, 1.82) is 0 Å². The molecule has 0 unspecified atom stereocenters. The predicted octanol–water partition coefficient (Wildman–Crippen LogP) is 1.25. The van der Waals surface area contributed by atoms with Crippen LogP contribution in [0.25, 0.3) is 11.1 Å². The van der Waals surface area contributed by atoms with Crippen LogP contribution in [0.4, 0.5) is 5.69 Å². The van der Waals surface area contributed by atoms with Crippen molar-refractivity contribution in [3.63, 3.8) is 0 Å². The molecule has 20 heavy (non-hydrogen) atoms. The fourth-order valence-corrected chi connectivity index (χ4v) is 1.97. The summed E-state index contributed by atoms with van der Waals surface area (Å²) in [6, 6.07) is 12.2. The SMILES string of the molecule is CN(c1ccccc1)n1c(=O)oc2cccnc2c1=O. The van der Waals surface area contributed by atoms with E-state index in [-0.39, 0.29) is 11.1 Å². The molecule has 3 aromatic rings. The molecule has 0 aliphatic rings. The molecule has 0 radical (unpaired) electrons. The van der Waals surface area contributed by atoms with Gasteiger partial charge in [-0.2, -0.15) is 0 Å². The average Bonchev–Trinajstić information content (AvgIpc) is 2.48. The summed E-state index contributed by atoms with van der Waals surface area (Å²) in [5.41, 5.74) is 0.482. The van der Waals surface area contributed by atoms with E-state index in [4.69, 9.17) is 4.42 Å². The molecule has 6 nitrogen and oxygen atoms in total. The van der Waals surface area contributed by atoms with Gasteiger partial charge >= 0.3 is 11.3 Å². The van der Waals surface area contributed by atoms with E-state index in [1.54, 1.807) is 25.2 Å². The van der Waals surface area contributed by atoms with Crippen molar-refractivity contribution in [2.45, 2.75) is 0 Å². The molecule has 0 N–H and O–H groups in total. The standard InChI is InChI=1S/C14H11N3O3/c1-16(10-6-3-2-4-7-10)17-13(18)12-11(20-14(17)19)8-5-9-15-12/h2-9H,1H3. The second-order valence-corrected chi connectivity index (χ2v) is 4.19. The normalized spacial score (nSPS) is 10.7. The molecule has 100 valence electrons. The van der Waals surface area contributed by atoms with Crippen LogP contribution >= 0.6 is 0 Å². The third kappa shape index (κ3) is 1.87. The van der Waals surface area contributed by atoms with Gasteiger partial charge in [0.2, 0.25) is 0 Å². The zero-order valence-corrected chi connectivity index (χ0v) is 10.7. The molecule has 2 heterocycles. The van der Waals surface area contributed by atoms with Gasteiger partial charge < -0.3 is 4.42 Å². The lowest BCUT2D eigenvalue weighted by molar-refractivity contribution is 0.467. The first kappa shape index (κ1) is 12.2. The van der Waals surface area contributed by atoms with E-state index < -0.39 is 11.3 Å². The third-order valence-corrected chi connectivity index (χ3v) is 2.97. The average molecular weight is 269 g/mol. The van der Waals surface area contributed by atoms with Crippen LogP contribution < -0.4 is 16.3 Å². The van der Waals surface area contributed by atoms with Crippen molar-refractivity contribution in [2.75, 3.05) is 12.1 Å². The van der Waals surface area contributed by atoms with Gasteiger partial charge in [-0.3, -0.25) is 9.80 Å². The van der Waals surface area contributed by atoms with Gasteiger partial charge in [-0.1, -0.05) is 18.2 Å². The largest absolute Gasteiger partial charge is 0.442 e. The minimum absolute atomic E-state index is 0.120. The van der Waals surface area contributed by atoms with E-state index in [0.29, 0.717) is 5.69 Å². The third-order valence-electron chi connectivity index (χ3n) is 2.97. The Kier molecular flexibility index (Phi) is 2.83. The molecule has 0 atom stereocenters. The summed E-state index contributed by atoms with van der Waals surface area (Å²) in [4.78, 5) is 28.3. The maximum atomic E-state index is 12.4.